The van der Waals surface area contributed by atoms with E-state index in [9.17, 15) is 14.4 Å². The highest BCUT2D eigenvalue weighted by Gasteiger charge is 2.40. The molecule has 1 saturated heterocycles. The van der Waals surface area contributed by atoms with Crippen LogP contribution in [0.2, 0.25) is 0 Å². The standard InChI is InChI=1S/C21H19N3O6S/c1-2-22-21(23-13-5-8-15-16(9-13)30-11-29-15)31-17-10-18(25)24(19(17)26)14-6-3-12(4-7-14)20(27)28/h3-9,17H,2,10-11H2,1H3,(H,22,23)(H,27,28)/t17-/m0/s1. The van der Waals surface area contributed by atoms with Crippen molar-refractivity contribution >= 4 is 46.1 Å². The largest absolute Gasteiger partial charge is 0.478 e. The van der Waals surface area contributed by atoms with Gasteiger partial charge in [0.15, 0.2) is 16.7 Å². The lowest BCUT2D eigenvalue weighted by Gasteiger charge is -2.16. The summed E-state index contributed by atoms with van der Waals surface area (Å²) in [5.74, 6) is -0.504. The number of amidine groups is 1. The number of carbonyl (C=O) groups excluding carboxylic acids is 2. The van der Waals surface area contributed by atoms with Crippen molar-refractivity contribution in [1.29, 1.82) is 0 Å². The zero-order chi connectivity index (χ0) is 22.0. The van der Waals surface area contributed by atoms with E-state index in [1.165, 1.54) is 36.0 Å². The number of imide groups is 1. The Morgan fingerprint density at radius 1 is 1.19 bits per heavy atom. The number of aliphatic imine (C=N–C) groups is 1. The molecule has 2 heterocycles. The summed E-state index contributed by atoms with van der Waals surface area (Å²) in [5, 5.41) is 12.1. The van der Waals surface area contributed by atoms with Crippen LogP contribution < -0.4 is 19.7 Å². The fraction of sp³-hybridized carbons (Fsp3) is 0.238. The Bertz CT molecular complexity index is 1070. The van der Waals surface area contributed by atoms with Gasteiger partial charge in [-0.25, -0.2) is 9.69 Å². The maximum Gasteiger partial charge on any atom is 0.335 e. The average molecular weight is 441 g/mol. The number of nitrogens with zero attached hydrogens (tertiary/aromatic N) is 2. The van der Waals surface area contributed by atoms with Crippen molar-refractivity contribution in [2.45, 2.75) is 18.6 Å². The number of amides is 2. The van der Waals surface area contributed by atoms with Crippen molar-refractivity contribution in [3.8, 4) is 11.5 Å². The zero-order valence-electron chi connectivity index (χ0n) is 16.5. The molecule has 0 radical (unpaired) electrons. The summed E-state index contributed by atoms with van der Waals surface area (Å²) in [6.07, 6.45) is 0.0235. The van der Waals surface area contributed by atoms with Crippen molar-refractivity contribution in [3.05, 3.63) is 48.0 Å². The third kappa shape index (κ3) is 4.33. The van der Waals surface area contributed by atoms with Crippen LogP contribution in [0, 0.1) is 0 Å². The number of ether oxygens (including phenoxy) is 2. The number of fused-ring (bicyclic) bond motifs is 1. The third-order valence-corrected chi connectivity index (χ3v) is 5.76. The summed E-state index contributed by atoms with van der Waals surface area (Å²) >= 11 is 1.18. The molecule has 0 aromatic heterocycles. The molecule has 2 aromatic rings. The summed E-state index contributed by atoms with van der Waals surface area (Å²) in [4.78, 5) is 42.0. The fourth-order valence-corrected chi connectivity index (χ4v) is 4.28. The third-order valence-electron chi connectivity index (χ3n) is 4.66. The monoisotopic (exact) mass is 441 g/mol. The van der Waals surface area contributed by atoms with Gasteiger partial charge in [0.05, 0.1) is 11.3 Å². The number of anilines is 2. The quantitative estimate of drug-likeness (QED) is 0.413. The Morgan fingerprint density at radius 2 is 1.94 bits per heavy atom. The number of benzene rings is 2. The van der Waals surface area contributed by atoms with Crippen LogP contribution in [-0.4, -0.2) is 46.6 Å². The molecule has 2 aliphatic rings. The van der Waals surface area contributed by atoms with Crippen LogP contribution in [0.4, 0.5) is 11.4 Å². The second kappa shape index (κ2) is 8.68. The number of hydrogen-bond acceptors (Lipinski definition) is 7. The summed E-state index contributed by atoms with van der Waals surface area (Å²) in [6, 6.07) is 11.0. The van der Waals surface area contributed by atoms with Gasteiger partial charge in [-0.1, -0.05) is 11.8 Å². The first-order valence-corrected chi connectivity index (χ1v) is 10.4. The van der Waals surface area contributed by atoms with Crippen LogP contribution in [0.5, 0.6) is 11.5 Å². The van der Waals surface area contributed by atoms with Crippen LogP contribution in [0.3, 0.4) is 0 Å². The first-order chi connectivity index (χ1) is 15.0. The SMILES string of the molecule is CCN=C(Nc1ccc2c(c1)OCO2)S[C@H]1CC(=O)N(c2ccc(C(=O)O)cc2)C1=O. The maximum atomic E-state index is 12.9. The van der Waals surface area contributed by atoms with Crippen LogP contribution in [0.1, 0.15) is 23.7 Å². The van der Waals surface area contributed by atoms with E-state index in [2.05, 4.69) is 10.3 Å². The van der Waals surface area contributed by atoms with E-state index >= 15 is 0 Å². The molecule has 4 rings (SSSR count). The summed E-state index contributed by atoms with van der Waals surface area (Å²) in [6.45, 7) is 2.54. The predicted molar refractivity (Wildman–Crippen MR) is 116 cm³/mol. The highest BCUT2D eigenvalue weighted by molar-refractivity contribution is 8.15. The van der Waals surface area contributed by atoms with Crippen LogP contribution in [0.25, 0.3) is 0 Å². The molecular formula is C21H19N3O6S. The van der Waals surface area contributed by atoms with Crippen molar-refractivity contribution in [3.63, 3.8) is 0 Å². The van der Waals surface area contributed by atoms with Gasteiger partial charge in [-0.15, -0.1) is 0 Å². The predicted octanol–water partition coefficient (Wildman–Crippen LogP) is 2.97. The smallest absolute Gasteiger partial charge is 0.335 e. The number of thioether (sulfide) groups is 1. The molecule has 160 valence electrons. The van der Waals surface area contributed by atoms with Gasteiger partial charge in [-0.3, -0.25) is 14.6 Å². The second-order valence-electron chi connectivity index (χ2n) is 6.70. The molecule has 10 heteroatoms. The Labute approximate surface area is 182 Å². The van der Waals surface area contributed by atoms with Crippen LogP contribution >= 0.6 is 11.8 Å². The van der Waals surface area contributed by atoms with E-state index in [0.29, 0.717) is 28.9 Å². The molecule has 31 heavy (non-hydrogen) atoms. The van der Waals surface area contributed by atoms with Gasteiger partial charge < -0.3 is 19.9 Å². The van der Waals surface area contributed by atoms with Gasteiger partial charge in [0.1, 0.15) is 5.25 Å². The van der Waals surface area contributed by atoms with Gasteiger partial charge in [0.2, 0.25) is 18.6 Å². The number of carbonyl (C=O) groups is 3. The highest BCUT2D eigenvalue weighted by Crippen LogP contribution is 2.35. The molecule has 0 spiro atoms. The minimum absolute atomic E-state index is 0.0235. The molecule has 2 N–H and O–H groups in total. The maximum absolute atomic E-state index is 12.9. The van der Waals surface area contributed by atoms with E-state index in [0.717, 1.165) is 10.6 Å². The number of carboxylic acid groups (broad SMARTS) is 1. The first-order valence-electron chi connectivity index (χ1n) is 9.54. The molecular weight excluding hydrogens is 422 g/mol. The van der Waals surface area contributed by atoms with E-state index in [-0.39, 0.29) is 30.6 Å². The van der Waals surface area contributed by atoms with Crippen molar-refractivity contribution in [2.24, 2.45) is 4.99 Å². The molecule has 0 aliphatic carbocycles. The van der Waals surface area contributed by atoms with Crippen molar-refractivity contribution in [2.75, 3.05) is 23.6 Å². The fourth-order valence-electron chi connectivity index (χ4n) is 3.20. The van der Waals surface area contributed by atoms with Gasteiger partial charge in [0.25, 0.3) is 0 Å². The molecule has 2 aromatic carbocycles. The minimum atomic E-state index is -1.07. The Kier molecular flexibility index (Phi) is 5.81. The number of nitrogens with one attached hydrogen (secondary N) is 1. The second-order valence-corrected chi connectivity index (χ2v) is 7.89. The Morgan fingerprint density at radius 3 is 2.65 bits per heavy atom. The van der Waals surface area contributed by atoms with E-state index < -0.39 is 11.2 Å². The highest BCUT2D eigenvalue weighted by atomic mass is 32.2. The summed E-state index contributed by atoms with van der Waals surface area (Å²) < 4.78 is 10.7. The summed E-state index contributed by atoms with van der Waals surface area (Å²) in [7, 11) is 0. The lowest BCUT2D eigenvalue weighted by molar-refractivity contribution is -0.121. The van der Waals surface area contributed by atoms with Crippen molar-refractivity contribution in [1.82, 2.24) is 0 Å². The number of hydrogen-bond donors (Lipinski definition) is 2. The lowest BCUT2D eigenvalue weighted by Crippen LogP contribution is -2.31. The van der Waals surface area contributed by atoms with Gasteiger partial charge >= 0.3 is 5.97 Å². The van der Waals surface area contributed by atoms with E-state index in [1.54, 1.807) is 12.1 Å². The van der Waals surface area contributed by atoms with Gasteiger partial charge in [0, 0.05) is 24.7 Å². The minimum Gasteiger partial charge on any atom is -0.478 e. The lowest BCUT2D eigenvalue weighted by atomic mass is 10.2. The molecule has 0 unspecified atom stereocenters. The van der Waals surface area contributed by atoms with E-state index in [1.807, 2.05) is 13.0 Å². The molecule has 0 bridgehead atoms. The van der Waals surface area contributed by atoms with Crippen LogP contribution in [-0.2, 0) is 9.59 Å². The van der Waals surface area contributed by atoms with Crippen molar-refractivity contribution < 1.29 is 29.0 Å². The topological polar surface area (TPSA) is 118 Å². The molecule has 2 amide bonds. The average Bonchev–Trinajstić information content (AvgIpc) is 3.32. The van der Waals surface area contributed by atoms with Gasteiger partial charge in [-0.05, 0) is 43.3 Å². The molecule has 0 saturated carbocycles. The van der Waals surface area contributed by atoms with Gasteiger partial charge in [-0.2, -0.15) is 0 Å². The van der Waals surface area contributed by atoms with E-state index in [4.69, 9.17) is 14.6 Å². The van der Waals surface area contributed by atoms with Crippen LogP contribution in [0.15, 0.2) is 47.5 Å². The molecule has 1 atom stereocenters. The molecule has 1 fully saturated rings. The number of aromatic carboxylic acids is 1. The normalized spacial score (nSPS) is 17.9. The first kappa shape index (κ1) is 20.7. The number of rotatable bonds is 5. The molecule has 9 nitrogen and oxygen atoms in total. The summed E-state index contributed by atoms with van der Waals surface area (Å²) in [5.41, 5.74) is 1.15. The zero-order valence-corrected chi connectivity index (χ0v) is 17.3. The number of carboxylic acids is 1. The molecule has 2 aliphatic heterocycles. The Balaban J connectivity index is 1.48. The Hall–Kier alpha value is -3.53.